The van der Waals surface area contributed by atoms with E-state index in [0.717, 1.165) is 18.8 Å². The third-order valence-electron chi connectivity index (χ3n) is 5.74. The van der Waals surface area contributed by atoms with E-state index < -0.39 is 6.04 Å². The van der Waals surface area contributed by atoms with E-state index in [0.29, 0.717) is 31.9 Å². The number of nitrogens with zero attached hydrogens (tertiary/aromatic N) is 3. The number of hydrogen-bond acceptors (Lipinski definition) is 4. The van der Waals surface area contributed by atoms with Gasteiger partial charge in [-0.15, -0.1) is 0 Å². The molecule has 2 heterocycles. The number of hydrogen-bond donors (Lipinski definition) is 2. The second-order valence-corrected chi connectivity index (χ2v) is 7.70. The quantitative estimate of drug-likeness (QED) is 0.788. The molecule has 0 saturated carbocycles. The Morgan fingerprint density at radius 1 is 0.903 bits per heavy atom. The van der Waals surface area contributed by atoms with Crippen molar-refractivity contribution in [1.29, 1.82) is 0 Å². The fraction of sp³-hybridized carbons (Fsp3) is 0.348. The van der Waals surface area contributed by atoms with Gasteiger partial charge in [-0.2, -0.15) is 0 Å². The van der Waals surface area contributed by atoms with Crippen molar-refractivity contribution in [2.24, 2.45) is 0 Å². The summed E-state index contributed by atoms with van der Waals surface area (Å²) in [5, 5.41) is 5.59. The second-order valence-electron chi connectivity index (χ2n) is 7.70. The van der Waals surface area contributed by atoms with E-state index in [-0.39, 0.29) is 24.3 Å². The van der Waals surface area contributed by atoms with Crippen molar-refractivity contribution in [3.63, 3.8) is 0 Å². The highest BCUT2D eigenvalue weighted by Gasteiger charge is 2.36. The zero-order valence-corrected chi connectivity index (χ0v) is 17.4. The number of urea groups is 1. The Balaban J connectivity index is 1.36. The lowest BCUT2D eigenvalue weighted by Crippen LogP contribution is -2.60. The summed E-state index contributed by atoms with van der Waals surface area (Å²) < 4.78 is 0. The summed E-state index contributed by atoms with van der Waals surface area (Å²) in [4.78, 5) is 43.7. The topological polar surface area (TPSA) is 85.0 Å². The van der Waals surface area contributed by atoms with Gasteiger partial charge >= 0.3 is 6.03 Å². The van der Waals surface area contributed by atoms with Crippen LogP contribution in [0.25, 0.3) is 0 Å². The Kier molecular flexibility index (Phi) is 6.35. The minimum absolute atomic E-state index is 0.0145. The molecule has 2 N–H and O–H groups in total. The molecule has 31 heavy (non-hydrogen) atoms. The monoisotopic (exact) mass is 421 g/mol. The molecule has 0 aromatic heterocycles. The number of carbonyl (C=O) groups excluding carboxylic acids is 3. The van der Waals surface area contributed by atoms with Gasteiger partial charge in [-0.05, 0) is 24.3 Å². The first kappa shape index (κ1) is 20.7. The Labute approximate surface area is 181 Å². The fourth-order valence-corrected chi connectivity index (χ4v) is 4.02. The number of piperazine rings is 2. The summed E-state index contributed by atoms with van der Waals surface area (Å²) >= 11 is 0. The van der Waals surface area contributed by atoms with Crippen LogP contribution in [0.15, 0.2) is 60.7 Å². The average Bonchev–Trinajstić information content (AvgIpc) is 2.81. The van der Waals surface area contributed by atoms with Gasteiger partial charge in [-0.3, -0.25) is 9.59 Å². The normalized spacial score (nSPS) is 19.0. The fourth-order valence-electron chi connectivity index (χ4n) is 4.02. The summed E-state index contributed by atoms with van der Waals surface area (Å²) in [5.41, 5.74) is 1.80. The van der Waals surface area contributed by atoms with Gasteiger partial charge in [0.25, 0.3) is 0 Å². The standard InChI is InChI=1S/C23H27N5O3/c29-21(27-15-13-26(14-16-27)19-9-5-2-6-10-19)17-20-22(30)24-11-12-28(20)23(31)25-18-7-3-1-4-8-18/h1-10,20H,11-17H2,(H,24,30)(H,25,31)/t20-/m1/s1. The van der Waals surface area contributed by atoms with Crippen LogP contribution in [0.3, 0.4) is 0 Å². The number of benzene rings is 2. The Morgan fingerprint density at radius 2 is 1.55 bits per heavy atom. The van der Waals surface area contributed by atoms with E-state index in [1.54, 1.807) is 17.0 Å². The van der Waals surface area contributed by atoms with Gasteiger partial charge in [0.15, 0.2) is 0 Å². The molecule has 2 fully saturated rings. The smallest absolute Gasteiger partial charge is 0.322 e. The molecule has 162 valence electrons. The number of nitrogens with one attached hydrogen (secondary N) is 2. The minimum Gasteiger partial charge on any atom is -0.368 e. The zero-order valence-electron chi connectivity index (χ0n) is 17.4. The predicted octanol–water partition coefficient (Wildman–Crippen LogP) is 1.76. The molecule has 2 aromatic rings. The number of carbonyl (C=O) groups is 3. The van der Waals surface area contributed by atoms with Crippen LogP contribution < -0.4 is 15.5 Å². The van der Waals surface area contributed by atoms with Crippen LogP contribution in [-0.4, -0.2) is 73.0 Å². The van der Waals surface area contributed by atoms with Crippen LogP contribution in [0.2, 0.25) is 0 Å². The molecule has 0 radical (unpaired) electrons. The highest BCUT2D eigenvalue weighted by Crippen LogP contribution is 2.18. The van der Waals surface area contributed by atoms with Crippen molar-refractivity contribution in [2.45, 2.75) is 12.5 Å². The van der Waals surface area contributed by atoms with Gasteiger partial charge in [-0.25, -0.2) is 4.79 Å². The molecule has 4 amide bonds. The summed E-state index contributed by atoms with van der Waals surface area (Å²) in [5.74, 6) is -0.391. The molecule has 2 saturated heterocycles. The number of anilines is 2. The first-order valence-electron chi connectivity index (χ1n) is 10.6. The second kappa shape index (κ2) is 9.51. The molecule has 0 bridgehead atoms. The molecule has 0 unspecified atom stereocenters. The summed E-state index contributed by atoms with van der Waals surface area (Å²) in [6, 6.07) is 18.0. The lowest BCUT2D eigenvalue weighted by atomic mass is 10.1. The van der Waals surface area contributed by atoms with Crippen LogP contribution in [0.5, 0.6) is 0 Å². The van der Waals surface area contributed by atoms with Crippen molar-refractivity contribution >= 4 is 29.2 Å². The summed E-state index contributed by atoms with van der Waals surface area (Å²) in [6.07, 6.45) is -0.0145. The van der Waals surface area contributed by atoms with Crippen LogP contribution in [0.4, 0.5) is 16.2 Å². The van der Waals surface area contributed by atoms with Gasteiger partial charge in [-0.1, -0.05) is 36.4 Å². The molecule has 1 atom stereocenters. The largest absolute Gasteiger partial charge is 0.368 e. The van der Waals surface area contributed by atoms with E-state index in [1.165, 1.54) is 4.90 Å². The number of rotatable bonds is 4. The molecule has 0 spiro atoms. The van der Waals surface area contributed by atoms with Crippen molar-refractivity contribution in [1.82, 2.24) is 15.1 Å². The molecule has 2 aliphatic rings. The van der Waals surface area contributed by atoms with Gasteiger partial charge < -0.3 is 25.3 Å². The first-order chi connectivity index (χ1) is 15.1. The molecular formula is C23H27N5O3. The van der Waals surface area contributed by atoms with Crippen molar-refractivity contribution < 1.29 is 14.4 Å². The van der Waals surface area contributed by atoms with Gasteiger partial charge in [0, 0.05) is 50.6 Å². The van der Waals surface area contributed by atoms with E-state index in [9.17, 15) is 14.4 Å². The highest BCUT2D eigenvalue weighted by atomic mass is 16.2. The third kappa shape index (κ3) is 4.96. The predicted molar refractivity (Wildman–Crippen MR) is 119 cm³/mol. The van der Waals surface area contributed by atoms with E-state index >= 15 is 0 Å². The molecule has 8 heteroatoms. The number of para-hydroxylation sites is 2. The maximum atomic E-state index is 13.0. The minimum atomic E-state index is -0.808. The molecular weight excluding hydrogens is 394 g/mol. The maximum absolute atomic E-state index is 13.0. The summed E-state index contributed by atoms with van der Waals surface area (Å²) in [7, 11) is 0. The lowest BCUT2D eigenvalue weighted by molar-refractivity contribution is -0.137. The molecule has 8 nitrogen and oxygen atoms in total. The number of amides is 4. The van der Waals surface area contributed by atoms with Crippen LogP contribution in [-0.2, 0) is 9.59 Å². The Hall–Kier alpha value is -3.55. The van der Waals surface area contributed by atoms with E-state index in [4.69, 9.17) is 0 Å². The lowest BCUT2D eigenvalue weighted by Gasteiger charge is -2.38. The SMILES string of the molecule is O=C1NCCN(C(=O)Nc2ccccc2)[C@@H]1CC(=O)N1CCN(c2ccccc2)CC1. The van der Waals surface area contributed by atoms with Crippen molar-refractivity contribution in [2.75, 3.05) is 49.5 Å². The van der Waals surface area contributed by atoms with Gasteiger partial charge in [0.05, 0.1) is 6.42 Å². The van der Waals surface area contributed by atoms with Crippen molar-refractivity contribution in [3.05, 3.63) is 60.7 Å². The highest BCUT2D eigenvalue weighted by molar-refractivity contribution is 5.96. The van der Waals surface area contributed by atoms with E-state index in [1.807, 2.05) is 36.4 Å². The summed E-state index contributed by atoms with van der Waals surface area (Å²) in [6.45, 7) is 3.41. The molecule has 2 aliphatic heterocycles. The maximum Gasteiger partial charge on any atom is 0.322 e. The van der Waals surface area contributed by atoms with Crippen LogP contribution in [0, 0.1) is 0 Å². The zero-order chi connectivity index (χ0) is 21.6. The van der Waals surface area contributed by atoms with E-state index in [2.05, 4.69) is 27.7 Å². The molecule has 0 aliphatic carbocycles. The van der Waals surface area contributed by atoms with Gasteiger partial charge in [0.2, 0.25) is 11.8 Å². The van der Waals surface area contributed by atoms with Crippen LogP contribution in [0.1, 0.15) is 6.42 Å². The van der Waals surface area contributed by atoms with Gasteiger partial charge in [0.1, 0.15) is 6.04 Å². The first-order valence-corrected chi connectivity index (χ1v) is 10.6. The third-order valence-corrected chi connectivity index (χ3v) is 5.74. The Bertz CT molecular complexity index is 913. The van der Waals surface area contributed by atoms with Crippen LogP contribution >= 0.6 is 0 Å². The Morgan fingerprint density at radius 3 is 2.23 bits per heavy atom. The molecule has 4 rings (SSSR count). The van der Waals surface area contributed by atoms with Crippen molar-refractivity contribution in [3.8, 4) is 0 Å². The molecule has 2 aromatic carbocycles. The average molecular weight is 422 g/mol.